The van der Waals surface area contributed by atoms with Gasteiger partial charge in [-0.05, 0) is 60.2 Å². The average Bonchev–Trinajstić information content (AvgIpc) is 3.35. The summed E-state index contributed by atoms with van der Waals surface area (Å²) in [5.74, 6) is -1.21. The first-order chi connectivity index (χ1) is 16.9. The van der Waals surface area contributed by atoms with Gasteiger partial charge in [-0.3, -0.25) is 4.98 Å². The van der Waals surface area contributed by atoms with Crippen LogP contribution in [0.1, 0.15) is 48.7 Å². The number of nitrogens with zero attached hydrogens (tertiary/aromatic N) is 2. The fourth-order valence-corrected chi connectivity index (χ4v) is 5.28. The number of aromatic nitrogens is 2. The van der Waals surface area contributed by atoms with E-state index in [0.717, 1.165) is 11.3 Å². The second kappa shape index (κ2) is 11.1. The van der Waals surface area contributed by atoms with Gasteiger partial charge in [0.15, 0.2) is 6.17 Å². The van der Waals surface area contributed by atoms with Crippen molar-refractivity contribution in [1.29, 1.82) is 0 Å². The van der Waals surface area contributed by atoms with E-state index >= 15 is 4.39 Å². The molecule has 0 radical (unpaired) electrons. The zero-order valence-electron chi connectivity index (χ0n) is 19.6. The number of aliphatic hydroxyl groups excluding tert-OH is 1. The van der Waals surface area contributed by atoms with Crippen LogP contribution in [0.25, 0.3) is 21.7 Å². The van der Waals surface area contributed by atoms with E-state index in [1.165, 1.54) is 23.5 Å². The summed E-state index contributed by atoms with van der Waals surface area (Å²) in [6.45, 7) is 3.92. The van der Waals surface area contributed by atoms with Crippen molar-refractivity contribution in [3.8, 4) is 10.6 Å². The number of pyridine rings is 1. The lowest BCUT2D eigenvalue weighted by molar-refractivity contribution is 0.241. The average molecular weight is 497 g/mol. The molecular formula is C28H27F3N2OS. The Morgan fingerprint density at radius 2 is 2.03 bits per heavy atom. The lowest BCUT2D eigenvalue weighted by Gasteiger charge is -2.18. The predicted molar refractivity (Wildman–Crippen MR) is 136 cm³/mol. The van der Waals surface area contributed by atoms with Gasteiger partial charge in [-0.1, -0.05) is 37.3 Å². The summed E-state index contributed by atoms with van der Waals surface area (Å²) >= 11 is 1.24. The number of aliphatic hydroxyl groups is 1. The Kier molecular flexibility index (Phi) is 7.98. The van der Waals surface area contributed by atoms with Gasteiger partial charge in [0.25, 0.3) is 0 Å². The molecule has 0 saturated carbocycles. The molecule has 0 spiro atoms. The quantitative estimate of drug-likeness (QED) is 0.351. The summed E-state index contributed by atoms with van der Waals surface area (Å²) in [6, 6.07) is 10.6. The van der Waals surface area contributed by atoms with Crippen LogP contribution < -0.4 is 0 Å². The molecule has 0 saturated heterocycles. The summed E-state index contributed by atoms with van der Waals surface area (Å²) in [7, 11) is 0. The van der Waals surface area contributed by atoms with Crippen LogP contribution in [0, 0.1) is 11.7 Å². The zero-order chi connectivity index (χ0) is 24.9. The number of rotatable bonds is 8. The van der Waals surface area contributed by atoms with Gasteiger partial charge in [-0.15, -0.1) is 11.3 Å². The first-order valence-corrected chi connectivity index (χ1v) is 12.4. The molecule has 0 aliphatic heterocycles. The monoisotopic (exact) mass is 496 g/mol. The molecular weight excluding hydrogens is 469 g/mol. The number of thiazole rings is 1. The topological polar surface area (TPSA) is 46.0 Å². The third-order valence-corrected chi connectivity index (χ3v) is 7.21. The van der Waals surface area contributed by atoms with Crippen LogP contribution in [-0.2, 0) is 0 Å². The lowest BCUT2D eigenvalue weighted by atomic mass is 9.90. The van der Waals surface area contributed by atoms with Gasteiger partial charge in [0.05, 0.1) is 10.4 Å². The molecule has 0 fully saturated rings. The number of hydrogen-bond acceptors (Lipinski definition) is 4. The van der Waals surface area contributed by atoms with Crippen molar-refractivity contribution >= 4 is 22.5 Å². The van der Waals surface area contributed by atoms with Gasteiger partial charge >= 0.3 is 0 Å². The molecule has 3 unspecified atom stereocenters. The van der Waals surface area contributed by atoms with Crippen LogP contribution in [0.2, 0.25) is 0 Å². The second-order valence-electron chi connectivity index (χ2n) is 8.77. The summed E-state index contributed by atoms with van der Waals surface area (Å²) < 4.78 is 42.3. The number of benzene rings is 1. The molecule has 2 aromatic heterocycles. The Morgan fingerprint density at radius 3 is 2.74 bits per heavy atom. The maximum atomic E-state index is 15.1. The molecule has 2 heterocycles. The van der Waals surface area contributed by atoms with Crippen LogP contribution in [0.15, 0.2) is 72.8 Å². The molecule has 7 heteroatoms. The minimum Gasteiger partial charge on any atom is -0.396 e. The summed E-state index contributed by atoms with van der Waals surface area (Å²) in [4.78, 5) is 9.46. The molecule has 35 heavy (non-hydrogen) atoms. The fourth-order valence-electron chi connectivity index (χ4n) is 4.29. The van der Waals surface area contributed by atoms with Gasteiger partial charge in [0, 0.05) is 37.0 Å². The standard InChI is InChI=1S/C28H27F3N2OS/c1-17(12-19(16-34)13-18(2)25-8-3-4-11-32-25)21-6-5-7-23(30)27(21)28-33-15-26(35-28)20-9-10-22(29)24(31)14-20/h3-9,11-12,14-15,18-19,22,34H,10,13,16H2,1-2H3/b17-12+. The van der Waals surface area contributed by atoms with Gasteiger partial charge < -0.3 is 5.11 Å². The van der Waals surface area contributed by atoms with E-state index in [2.05, 4.69) is 16.9 Å². The van der Waals surface area contributed by atoms with Crippen LogP contribution in [0.5, 0.6) is 0 Å². The van der Waals surface area contributed by atoms with Crippen molar-refractivity contribution in [2.24, 2.45) is 5.92 Å². The number of allylic oxidation sites excluding steroid dienone is 5. The van der Waals surface area contributed by atoms with Crippen molar-refractivity contribution in [2.45, 2.75) is 38.8 Å². The molecule has 4 rings (SSSR count). The Hall–Kier alpha value is -3.03. The van der Waals surface area contributed by atoms with Crippen LogP contribution in [-0.4, -0.2) is 27.9 Å². The highest BCUT2D eigenvalue weighted by Crippen LogP contribution is 2.38. The maximum Gasteiger partial charge on any atom is 0.155 e. The smallest absolute Gasteiger partial charge is 0.155 e. The highest BCUT2D eigenvalue weighted by Gasteiger charge is 2.21. The molecule has 0 amide bonds. The largest absolute Gasteiger partial charge is 0.396 e. The zero-order valence-corrected chi connectivity index (χ0v) is 20.4. The molecule has 1 aliphatic carbocycles. The molecule has 3 atom stereocenters. The van der Waals surface area contributed by atoms with Crippen molar-refractivity contribution in [3.63, 3.8) is 0 Å². The third-order valence-electron chi connectivity index (χ3n) is 6.15. The normalized spacial score (nSPS) is 18.1. The lowest BCUT2D eigenvalue weighted by Crippen LogP contribution is -2.09. The Morgan fingerprint density at radius 1 is 1.20 bits per heavy atom. The fraction of sp³-hybridized carbons (Fsp3) is 0.286. The minimum absolute atomic E-state index is 0.0306. The Labute approximate surface area is 207 Å². The summed E-state index contributed by atoms with van der Waals surface area (Å²) in [5.41, 5.74) is 3.37. The first kappa shape index (κ1) is 25.1. The van der Waals surface area contributed by atoms with E-state index in [9.17, 15) is 13.9 Å². The van der Waals surface area contributed by atoms with Gasteiger partial charge in [-0.25, -0.2) is 18.2 Å². The van der Waals surface area contributed by atoms with Gasteiger partial charge in [-0.2, -0.15) is 0 Å². The van der Waals surface area contributed by atoms with Crippen molar-refractivity contribution in [1.82, 2.24) is 9.97 Å². The van der Waals surface area contributed by atoms with E-state index in [1.807, 2.05) is 37.3 Å². The maximum absolute atomic E-state index is 15.1. The number of halogens is 3. The summed E-state index contributed by atoms with van der Waals surface area (Å²) in [5, 5.41) is 10.5. The van der Waals surface area contributed by atoms with E-state index in [4.69, 9.17) is 0 Å². The molecule has 1 N–H and O–H groups in total. The third kappa shape index (κ3) is 5.80. The first-order valence-electron chi connectivity index (χ1n) is 11.5. The molecule has 0 bridgehead atoms. The van der Waals surface area contributed by atoms with Crippen LogP contribution in [0.3, 0.4) is 0 Å². The van der Waals surface area contributed by atoms with Crippen molar-refractivity contribution in [2.75, 3.05) is 6.61 Å². The van der Waals surface area contributed by atoms with Crippen LogP contribution >= 0.6 is 11.3 Å². The highest BCUT2D eigenvalue weighted by atomic mass is 32.1. The Balaban J connectivity index is 1.62. The van der Waals surface area contributed by atoms with Gasteiger partial charge in [0.1, 0.15) is 16.7 Å². The number of hydrogen-bond donors (Lipinski definition) is 1. The summed E-state index contributed by atoms with van der Waals surface area (Å²) in [6.07, 6.45) is 7.14. The molecule has 3 aromatic rings. The molecule has 182 valence electrons. The van der Waals surface area contributed by atoms with E-state index < -0.39 is 17.8 Å². The molecule has 1 aliphatic rings. The van der Waals surface area contributed by atoms with E-state index in [0.29, 0.717) is 33.0 Å². The van der Waals surface area contributed by atoms with Crippen molar-refractivity contribution in [3.05, 3.63) is 94.8 Å². The minimum atomic E-state index is -1.61. The SMILES string of the molecule is C/C(=C\C(CO)CC(C)c1ccccn1)c1cccc(F)c1-c1ncc(C2=CCC(F)C(F)=C2)s1. The Bertz CT molecular complexity index is 1270. The van der Waals surface area contributed by atoms with Crippen molar-refractivity contribution < 1.29 is 18.3 Å². The number of alkyl halides is 1. The molecule has 1 aromatic carbocycles. The van der Waals surface area contributed by atoms with E-state index in [-0.39, 0.29) is 24.9 Å². The molecule has 3 nitrogen and oxygen atoms in total. The second-order valence-corrected chi connectivity index (χ2v) is 9.80. The predicted octanol–water partition coefficient (Wildman–Crippen LogP) is 7.53. The van der Waals surface area contributed by atoms with Crippen LogP contribution in [0.4, 0.5) is 13.2 Å². The van der Waals surface area contributed by atoms with E-state index in [1.54, 1.807) is 24.5 Å². The van der Waals surface area contributed by atoms with Gasteiger partial charge in [0.2, 0.25) is 0 Å². The highest BCUT2D eigenvalue weighted by molar-refractivity contribution is 7.16.